The molecule has 148 valence electrons. The van der Waals surface area contributed by atoms with Crippen LogP contribution < -0.4 is 5.32 Å². The van der Waals surface area contributed by atoms with Crippen LogP contribution in [0.15, 0.2) is 0 Å². The molecule has 1 N–H and O–H groups in total. The largest absolute Gasteiger partial charge is 0.462 e. The first-order valence-electron chi connectivity index (χ1n) is 9.13. The Hall–Kier alpha value is -2.22. The molecule has 0 unspecified atom stereocenters. The molecule has 1 aliphatic rings. The van der Waals surface area contributed by atoms with E-state index in [1.807, 2.05) is 0 Å². The second-order valence-corrected chi connectivity index (χ2v) is 7.55. The van der Waals surface area contributed by atoms with Crippen molar-refractivity contribution < 1.29 is 28.7 Å². The van der Waals surface area contributed by atoms with E-state index >= 15 is 0 Å². The van der Waals surface area contributed by atoms with Gasteiger partial charge < -0.3 is 14.8 Å². The Bertz CT molecular complexity index is 733. The molecule has 0 aromatic carbocycles. The molecule has 0 spiro atoms. The van der Waals surface area contributed by atoms with Gasteiger partial charge in [0.05, 0.1) is 23.0 Å². The fraction of sp³-hybridized carbons (Fsp3) is 0.579. The number of nitrogens with one attached hydrogen (secondary N) is 1. The molecular formula is C19H25NO6S. The fourth-order valence-corrected chi connectivity index (χ4v) is 4.25. The van der Waals surface area contributed by atoms with Gasteiger partial charge in [0.2, 0.25) is 0 Å². The van der Waals surface area contributed by atoms with Crippen molar-refractivity contribution in [2.75, 3.05) is 18.5 Å². The van der Waals surface area contributed by atoms with Crippen molar-refractivity contribution in [2.24, 2.45) is 5.92 Å². The summed E-state index contributed by atoms with van der Waals surface area (Å²) < 4.78 is 10.1. The number of Topliss-reactive ketones (excluding diaryl/α,β-unsaturated/α-hetero) is 1. The van der Waals surface area contributed by atoms with Gasteiger partial charge in [0.25, 0.3) is 5.91 Å². The van der Waals surface area contributed by atoms with Crippen LogP contribution in [0.2, 0.25) is 0 Å². The summed E-state index contributed by atoms with van der Waals surface area (Å²) in [6.45, 7) is 4.46. The van der Waals surface area contributed by atoms with Crippen molar-refractivity contribution in [3.63, 3.8) is 0 Å². The van der Waals surface area contributed by atoms with Crippen LogP contribution in [0.3, 0.4) is 0 Å². The Kier molecular flexibility index (Phi) is 7.53. The maximum absolute atomic E-state index is 12.2. The van der Waals surface area contributed by atoms with Crippen LogP contribution in [-0.2, 0) is 19.1 Å². The smallest absolute Gasteiger partial charge is 0.341 e. The Morgan fingerprint density at radius 2 is 1.78 bits per heavy atom. The first-order valence-corrected chi connectivity index (χ1v) is 9.94. The van der Waals surface area contributed by atoms with Gasteiger partial charge in [0.1, 0.15) is 5.00 Å². The van der Waals surface area contributed by atoms with Crippen molar-refractivity contribution in [2.45, 2.75) is 52.9 Å². The molecule has 1 amide bonds. The highest BCUT2D eigenvalue weighted by Crippen LogP contribution is 2.34. The summed E-state index contributed by atoms with van der Waals surface area (Å²) in [5.41, 5.74) is 0.638. The minimum Gasteiger partial charge on any atom is -0.462 e. The van der Waals surface area contributed by atoms with Gasteiger partial charge in [0.15, 0.2) is 12.4 Å². The lowest BCUT2D eigenvalue weighted by atomic mass is 9.89. The number of thiophene rings is 1. The number of carbonyl (C=O) groups is 4. The average Bonchev–Trinajstić information content (AvgIpc) is 2.97. The number of carbonyl (C=O) groups excluding carboxylic acids is 4. The number of amides is 1. The zero-order valence-electron chi connectivity index (χ0n) is 15.9. The third kappa shape index (κ3) is 5.38. The van der Waals surface area contributed by atoms with Gasteiger partial charge in [-0.15, -0.1) is 11.3 Å². The number of hydrogen-bond donors (Lipinski definition) is 1. The van der Waals surface area contributed by atoms with Crippen LogP contribution in [0.1, 0.15) is 71.5 Å². The molecule has 27 heavy (non-hydrogen) atoms. The molecule has 0 saturated heterocycles. The fourth-order valence-electron chi connectivity index (χ4n) is 3.14. The van der Waals surface area contributed by atoms with E-state index < -0.39 is 18.5 Å². The topological polar surface area (TPSA) is 98.8 Å². The summed E-state index contributed by atoms with van der Waals surface area (Å²) in [6, 6.07) is 0. The van der Waals surface area contributed by atoms with Gasteiger partial charge in [0, 0.05) is 0 Å². The highest BCUT2D eigenvalue weighted by molar-refractivity contribution is 7.18. The zero-order valence-corrected chi connectivity index (χ0v) is 16.7. The normalized spacial score (nSPS) is 14.5. The van der Waals surface area contributed by atoms with Gasteiger partial charge in [-0.05, 0) is 39.2 Å². The molecule has 2 rings (SSSR count). The van der Waals surface area contributed by atoms with Crippen molar-refractivity contribution in [1.82, 2.24) is 0 Å². The lowest BCUT2D eigenvalue weighted by molar-refractivity contribution is -0.152. The lowest BCUT2D eigenvalue weighted by Crippen LogP contribution is -2.26. The molecule has 0 radical (unpaired) electrons. The molecule has 0 bridgehead atoms. The molecule has 1 aromatic heterocycles. The second kappa shape index (κ2) is 9.64. The van der Waals surface area contributed by atoms with Crippen LogP contribution >= 0.6 is 11.3 Å². The second-order valence-electron chi connectivity index (χ2n) is 6.53. The van der Waals surface area contributed by atoms with Gasteiger partial charge in [-0.3, -0.25) is 14.4 Å². The third-order valence-electron chi connectivity index (χ3n) is 4.48. The highest BCUT2D eigenvalue weighted by atomic mass is 32.1. The maximum Gasteiger partial charge on any atom is 0.341 e. The van der Waals surface area contributed by atoms with Gasteiger partial charge in [-0.2, -0.15) is 0 Å². The molecule has 1 heterocycles. The van der Waals surface area contributed by atoms with Crippen molar-refractivity contribution in [1.29, 1.82) is 0 Å². The standard InChI is InChI=1S/C19H25NO6S/c1-4-25-19(24)15-11(2)16(12(3)21)27-17(15)20-14(22)10-26-18(23)13-8-6-5-7-9-13/h13H,4-10H2,1-3H3,(H,20,22). The third-order valence-corrected chi connectivity index (χ3v) is 5.79. The number of esters is 2. The minimum atomic E-state index is -0.603. The minimum absolute atomic E-state index is 0.144. The number of ketones is 1. The Morgan fingerprint density at radius 3 is 2.37 bits per heavy atom. The van der Waals surface area contributed by atoms with E-state index in [1.54, 1.807) is 13.8 Å². The van der Waals surface area contributed by atoms with E-state index in [-0.39, 0.29) is 34.8 Å². The van der Waals surface area contributed by atoms with Crippen LogP contribution in [0.25, 0.3) is 0 Å². The van der Waals surface area contributed by atoms with Gasteiger partial charge in [-0.1, -0.05) is 19.3 Å². The summed E-state index contributed by atoms with van der Waals surface area (Å²) in [4.78, 5) is 48.6. The quantitative estimate of drug-likeness (QED) is 0.560. The van der Waals surface area contributed by atoms with Crippen molar-refractivity contribution >= 4 is 40.0 Å². The van der Waals surface area contributed by atoms with Gasteiger partial charge >= 0.3 is 11.9 Å². The molecule has 0 atom stereocenters. The molecule has 0 aliphatic heterocycles. The van der Waals surface area contributed by atoms with Crippen LogP contribution in [0.5, 0.6) is 0 Å². The summed E-state index contributed by atoms with van der Waals surface area (Å²) >= 11 is 1.02. The summed E-state index contributed by atoms with van der Waals surface area (Å²) in [7, 11) is 0. The first-order chi connectivity index (χ1) is 12.8. The maximum atomic E-state index is 12.2. The van der Waals surface area contributed by atoms with E-state index in [2.05, 4.69) is 5.32 Å². The van der Waals surface area contributed by atoms with E-state index in [1.165, 1.54) is 6.92 Å². The Balaban J connectivity index is 2.05. The van der Waals surface area contributed by atoms with Gasteiger partial charge in [-0.25, -0.2) is 4.79 Å². The summed E-state index contributed by atoms with van der Waals surface area (Å²) in [6.07, 6.45) is 4.70. The van der Waals surface area contributed by atoms with E-state index in [4.69, 9.17) is 9.47 Å². The number of ether oxygens (including phenoxy) is 2. The van der Waals surface area contributed by atoms with Crippen molar-refractivity contribution in [3.8, 4) is 0 Å². The molecule has 7 nitrogen and oxygen atoms in total. The van der Waals surface area contributed by atoms with Crippen LogP contribution in [0.4, 0.5) is 5.00 Å². The molecule has 1 aliphatic carbocycles. The zero-order chi connectivity index (χ0) is 20.0. The monoisotopic (exact) mass is 395 g/mol. The molecule has 1 saturated carbocycles. The highest BCUT2D eigenvalue weighted by Gasteiger charge is 2.26. The predicted octanol–water partition coefficient (Wildman–Crippen LogP) is 3.50. The number of anilines is 1. The first kappa shape index (κ1) is 21.1. The van der Waals surface area contributed by atoms with Crippen LogP contribution in [0, 0.1) is 12.8 Å². The predicted molar refractivity (Wildman–Crippen MR) is 101 cm³/mol. The van der Waals surface area contributed by atoms with Crippen molar-refractivity contribution in [3.05, 3.63) is 16.0 Å². The van der Waals surface area contributed by atoms with E-state index in [0.29, 0.717) is 10.4 Å². The Morgan fingerprint density at radius 1 is 1.11 bits per heavy atom. The summed E-state index contributed by atoms with van der Waals surface area (Å²) in [5, 5.41) is 2.80. The summed E-state index contributed by atoms with van der Waals surface area (Å²) in [5.74, 6) is -1.86. The Labute approximate surface area is 162 Å². The average molecular weight is 395 g/mol. The lowest BCUT2D eigenvalue weighted by Gasteiger charge is -2.19. The van der Waals surface area contributed by atoms with E-state index in [9.17, 15) is 19.2 Å². The molecule has 8 heteroatoms. The SMILES string of the molecule is CCOC(=O)c1c(NC(=O)COC(=O)C2CCCCC2)sc(C(C)=O)c1C. The molecular weight excluding hydrogens is 370 g/mol. The number of rotatable bonds is 7. The van der Waals surface area contributed by atoms with Crippen LogP contribution in [-0.4, -0.2) is 36.8 Å². The molecule has 1 aromatic rings. The molecule has 1 fully saturated rings. The van der Waals surface area contributed by atoms with E-state index in [0.717, 1.165) is 43.4 Å². The number of hydrogen-bond acceptors (Lipinski definition) is 7.